The Bertz CT molecular complexity index is 1610. The molecule has 1 spiro atoms. The van der Waals surface area contributed by atoms with Crippen LogP contribution < -0.4 is 15.4 Å². The highest BCUT2D eigenvalue weighted by molar-refractivity contribution is 6.01. The smallest absolute Gasteiger partial charge is 0.471 e. The van der Waals surface area contributed by atoms with E-state index in [4.69, 9.17) is 4.74 Å². The SMILES string of the molecule is CC(C)(C)[C@H](NC(=O)C(F)(F)F)C(=O)N1C[C@@H]2[C@H]3C[C@@H]([C@@H]2[C@H]1C(=O)N1C[C@@]2(C[C@H]1C#N)Oc1cc(C(F)(F)F)cnc1NC2=O)[C@H](F)C3. The molecule has 2 saturated carbocycles. The van der Waals surface area contributed by atoms with Crippen LogP contribution in [0.4, 0.5) is 36.6 Å². The van der Waals surface area contributed by atoms with Crippen molar-refractivity contribution in [2.75, 3.05) is 18.4 Å². The van der Waals surface area contributed by atoms with Crippen molar-refractivity contribution in [2.24, 2.45) is 29.1 Å². The molecule has 9 atom stereocenters. The molecule has 0 unspecified atom stereocenters. The highest BCUT2D eigenvalue weighted by Gasteiger charge is 2.65. The van der Waals surface area contributed by atoms with E-state index in [-0.39, 0.29) is 24.7 Å². The van der Waals surface area contributed by atoms with Crippen molar-refractivity contribution in [3.8, 4) is 11.8 Å². The molecule has 2 bridgehead atoms. The molecule has 2 saturated heterocycles. The lowest BCUT2D eigenvalue weighted by Gasteiger charge is -2.39. The highest BCUT2D eigenvalue weighted by atomic mass is 19.4. The summed E-state index contributed by atoms with van der Waals surface area (Å²) in [7, 11) is 0. The predicted octanol–water partition coefficient (Wildman–Crippen LogP) is 3.21. The number of hydrogen-bond donors (Lipinski definition) is 2. The third-order valence-corrected chi connectivity index (χ3v) is 10.3. The van der Waals surface area contributed by atoms with E-state index in [0.29, 0.717) is 18.7 Å². The second kappa shape index (κ2) is 10.9. The largest absolute Gasteiger partial charge is 0.471 e. The minimum absolute atomic E-state index is 0.116. The fourth-order valence-corrected chi connectivity index (χ4v) is 8.15. The van der Waals surface area contributed by atoms with E-state index >= 15 is 4.39 Å². The quantitative estimate of drug-likeness (QED) is 0.465. The molecule has 1 aromatic heterocycles. The van der Waals surface area contributed by atoms with E-state index in [1.165, 1.54) is 20.8 Å². The normalized spacial score (nSPS) is 33.1. The second-order valence-electron chi connectivity index (χ2n) is 14.3. The Morgan fingerprint density at radius 2 is 1.81 bits per heavy atom. The van der Waals surface area contributed by atoms with Crippen molar-refractivity contribution in [2.45, 2.75) is 82.3 Å². The van der Waals surface area contributed by atoms with Gasteiger partial charge in [0.2, 0.25) is 17.4 Å². The molecule has 0 radical (unpaired) electrons. The number of fused-ring (bicyclic) bond motifs is 6. The number of aromatic nitrogens is 1. The van der Waals surface area contributed by atoms with Gasteiger partial charge >= 0.3 is 18.3 Å². The van der Waals surface area contributed by atoms with Crippen LogP contribution in [0.15, 0.2) is 12.3 Å². The summed E-state index contributed by atoms with van der Waals surface area (Å²) in [5.74, 6) is -7.97. The topological polar surface area (TPSA) is 145 Å². The van der Waals surface area contributed by atoms with Gasteiger partial charge in [-0.05, 0) is 48.0 Å². The average Bonchev–Trinajstić information content (AvgIpc) is 3.73. The van der Waals surface area contributed by atoms with Crippen LogP contribution >= 0.6 is 0 Å². The first-order valence-electron chi connectivity index (χ1n) is 15.3. The van der Waals surface area contributed by atoms with Gasteiger partial charge in [0.1, 0.15) is 24.3 Å². The molecular weight excluding hydrogens is 657 g/mol. The molecular formula is C30H31F7N6O5. The molecule has 6 rings (SSSR count). The van der Waals surface area contributed by atoms with Gasteiger partial charge < -0.3 is 25.2 Å². The Morgan fingerprint density at radius 1 is 1.12 bits per heavy atom. The van der Waals surface area contributed by atoms with E-state index in [9.17, 15) is 50.8 Å². The number of rotatable bonds is 3. The molecule has 48 heavy (non-hydrogen) atoms. The van der Waals surface area contributed by atoms with Crippen LogP contribution in [0.3, 0.4) is 0 Å². The van der Waals surface area contributed by atoms with Gasteiger partial charge in [-0.15, -0.1) is 0 Å². The first-order valence-corrected chi connectivity index (χ1v) is 15.3. The zero-order chi connectivity index (χ0) is 35.3. The minimum Gasteiger partial charge on any atom is -0.471 e. The summed E-state index contributed by atoms with van der Waals surface area (Å²) in [6, 6.07) is -2.09. The molecule has 2 N–H and O–H groups in total. The Labute approximate surface area is 269 Å². The lowest BCUT2D eigenvalue weighted by molar-refractivity contribution is -0.176. The van der Waals surface area contributed by atoms with Crippen molar-refractivity contribution in [3.63, 3.8) is 0 Å². The number of amides is 4. The number of anilines is 1. The highest BCUT2D eigenvalue weighted by Crippen LogP contribution is 2.59. The summed E-state index contributed by atoms with van der Waals surface area (Å²) in [5.41, 5.74) is -4.49. The van der Waals surface area contributed by atoms with Gasteiger partial charge in [-0.25, -0.2) is 9.37 Å². The number of alkyl halides is 7. The van der Waals surface area contributed by atoms with Gasteiger partial charge in [-0.2, -0.15) is 31.6 Å². The summed E-state index contributed by atoms with van der Waals surface area (Å²) in [5, 5.41) is 14.2. The van der Waals surface area contributed by atoms with Crippen LogP contribution in [-0.2, 0) is 25.4 Å². The second-order valence-corrected chi connectivity index (χ2v) is 14.3. The van der Waals surface area contributed by atoms with E-state index in [0.717, 1.165) is 9.80 Å². The van der Waals surface area contributed by atoms with Crippen LogP contribution in [0.2, 0.25) is 0 Å². The first kappa shape index (κ1) is 33.7. The number of nitrogens with zero attached hydrogens (tertiary/aromatic N) is 4. The van der Waals surface area contributed by atoms with E-state index < -0.39 is 113 Å². The van der Waals surface area contributed by atoms with Crippen molar-refractivity contribution < 1.29 is 54.6 Å². The molecule has 4 amide bonds. The number of carbonyl (C=O) groups is 4. The first-order chi connectivity index (χ1) is 22.2. The number of likely N-dealkylation sites (tertiary alicyclic amines) is 2. The van der Waals surface area contributed by atoms with Crippen LogP contribution in [0, 0.1) is 40.4 Å². The van der Waals surface area contributed by atoms with Crippen LogP contribution in [0.25, 0.3) is 0 Å². The monoisotopic (exact) mass is 688 g/mol. The molecule has 1 aromatic rings. The molecule has 2 aliphatic carbocycles. The molecule has 18 heteroatoms. The fraction of sp³-hybridized carbons (Fsp3) is 0.667. The van der Waals surface area contributed by atoms with Gasteiger partial charge in [0.25, 0.3) is 5.91 Å². The molecule has 5 aliphatic rings. The number of carbonyl (C=O) groups excluding carboxylic acids is 4. The zero-order valence-corrected chi connectivity index (χ0v) is 25.8. The van der Waals surface area contributed by atoms with Crippen LogP contribution in [-0.4, -0.2) is 87.6 Å². The Kier molecular flexibility index (Phi) is 7.67. The molecule has 4 fully saturated rings. The van der Waals surface area contributed by atoms with E-state index in [1.54, 1.807) is 5.32 Å². The van der Waals surface area contributed by atoms with E-state index in [1.807, 2.05) is 6.07 Å². The molecule has 11 nitrogen and oxygen atoms in total. The summed E-state index contributed by atoms with van der Waals surface area (Å²) >= 11 is 0. The van der Waals surface area contributed by atoms with Gasteiger partial charge in [-0.3, -0.25) is 19.2 Å². The molecule has 260 valence electrons. The zero-order valence-electron chi connectivity index (χ0n) is 25.8. The van der Waals surface area contributed by atoms with Gasteiger partial charge in [-0.1, -0.05) is 20.8 Å². The summed E-state index contributed by atoms with van der Waals surface area (Å²) < 4.78 is 101. The maximum atomic E-state index is 15.2. The van der Waals surface area contributed by atoms with Gasteiger partial charge in [0.15, 0.2) is 11.6 Å². The number of nitrogens with one attached hydrogen (secondary N) is 2. The number of nitriles is 1. The lowest BCUT2D eigenvalue weighted by atomic mass is 9.77. The van der Waals surface area contributed by atoms with Crippen LogP contribution in [0.1, 0.15) is 45.6 Å². The predicted molar refractivity (Wildman–Crippen MR) is 148 cm³/mol. The minimum atomic E-state index is -5.32. The van der Waals surface area contributed by atoms with Gasteiger partial charge in [0, 0.05) is 19.2 Å². The summed E-state index contributed by atoms with van der Waals surface area (Å²) in [6.07, 6.45) is -10.8. The van der Waals surface area contributed by atoms with Crippen molar-refractivity contribution in [3.05, 3.63) is 17.8 Å². The number of pyridine rings is 1. The number of halogens is 7. The maximum Gasteiger partial charge on any atom is 0.471 e. The molecule has 4 heterocycles. The Balaban J connectivity index is 1.34. The summed E-state index contributed by atoms with van der Waals surface area (Å²) in [6.45, 7) is 3.52. The summed E-state index contributed by atoms with van der Waals surface area (Å²) in [4.78, 5) is 59.5. The maximum absolute atomic E-state index is 15.2. The lowest BCUT2D eigenvalue weighted by Crippen LogP contribution is -2.61. The number of hydrogen-bond acceptors (Lipinski definition) is 7. The molecule has 0 aromatic carbocycles. The third kappa shape index (κ3) is 5.38. The Morgan fingerprint density at radius 3 is 2.42 bits per heavy atom. The fourth-order valence-electron chi connectivity index (χ4n) is 8.15. The third-order valence-electron chi connectivity index (χ3n) is 10.3. The number of ether oxygens (including phenoxy) is 1. The molecule has 3 aliphatic heterocycles. The van der Waals surface area contributed by atoms with Crippen molar-refractivity contribution in [1.82, 2.24) is 20.1 Å². The van der Waals surface area contributed by atoms with Crippen LogP contribution in [0.5, 0.6) is 5.75 Å². The standard InChI is InChI=1S/C30H31F7N6O5/c1-27(2,3)21(40-26(47)30(35,36)37)24(45)42-10-16-12-4-15(17(31)5-12)19(16)20(42)23(44)43-11-28(7-14(43)8-38)25(46)41-22-18(48-28)6-13(9-39-22)29(32,33)34/h6,9,12,14-17,19-21H,4-5,7,10-11H2,1-3H3,(H,40,47)(H,39,41,46)/t12-,14-,15+,16+,17+,19-,20-,21+,28+/m0/s1. The Hall–Kier alpha value is -4.17. The van der Waals surface area contributed by atoms with Crippen molar-refractivity contribution in [1.29, 1.82) is 5.26 Å². The van der Waals surface area contributed by atoms with Gasteiger partial charge in [0.05, 0.1) is 18.2 Å². The average molecular weight is 689 g/mol. The van der Waals surface area contributed by atoms with Crippen molar-refractivity contribution >= 4 is 29.4 Å². The van der Waals surface area contributed by atoms with E-state index in [2.05, 4.69) is 10.3 Å².